The average molecular weight is 297 g/mol. The highest BCUT2D eigenvalue weighted by Gasteiger charge is 2.28. The van der Waals surface area contributed by atoms with Crippen LogP contribution in [0.4, 0.5) is 0 Å². The van der Waals surface area contributed by atoms with Crippen molar-refractivity contribution in [3.05, 3.63) is 16.1 Å². The fourth-order valence-electron chi connectivity index (χ4n) is 2.22. The zero-order chi connectivity index (χ0) is 14.4. The van der Waals surface area contributed by atoms with Gasteiger partial charge in [0.05, 0.1) is 12.3 Å². The zero-order valence-electron chi connectivity index (χ0n) is 12.9. The topological polar surface area (TPSA) is 37.4 Å². The standard InChI is InChI=1S/C15H27N3OS/c1-12(2)8-16-9-15-17-13(11-20-15)10-18(6-7-19-3)14-4-5-14/h11-12,14,16H,4-10H2,1-3H3. The van der Waals surface area contributed by atoms with E-state index in [1.54, 1.807) is 18.4 Å². The molecule has 114 valence electrons. The lowest BCUT2D eigenvalue weighted by Gasteiger charge is -2.20. The van der Waals surface area contributed by atoms with Crippen molar-refractivity contribution in [3.63, 3.8) is 0 Å². The summed E-state index contributed by atoms with van der Waals surface area (Å²) in [6.07, 6.45) is 2.66. The number of aromatic nitrogens is 1. The Hall–Kier alpha value is -0.490. The van der Waals surface area contributed by atoms with Gasteiger partial charge < -0.3 is 10.1 Å². The maximum absolute atomic E-state index is 5.20. The predicted octanol–water partition coefficient (Wildman–Crippen LogP) is 2.50. The Bertz CT molecular complexity index is 390. The minimum atomic E-state index is 0.689. The monoisotopic (exact) mass is 297 g/mol. The fraction of sp³-hybridized carbons (Fsp3) is 0.800. The highest BCUT2D eigenvalue weighted by molar-refractivity contribution is 7.09. The van der Waals surface area contributed by atoms with Crippen LogP contribution in [0.2, 0.25) is 0 Å². The van der Waals surface area contributed by atoms with E-state index in [4.69, 9.17) is 9.72 Å². The number of nitrogens with zero attached hydrogens (tertiary/aromatic N) is 2. The summed E-state index contributed by atoms with van der Waals surface area (Å²) in [7, 11) is 1.77. The number of hydrogen-bond acceptors (Lipinski definition) is 5. The predicted molar refractivity (Wildman–Crippen MR) is 84.0 cm³/mol. The lowest BCUT2D eigenvalue weighted by Crippen LogP contribution is -2.29. The van der Waals surface area contributed by atoms with Crippen molar-refractivity contribution >= 4 is 11.3 Å². The third-order valence-corrected chi connectivity index (χ3v) is 4.34. The van der Waals surface area contributed by atoms with Gasteiger partial charge in [-0.15, -0.1) is 11.3 Å². The van der Waals surface area contributed by atoms with Gasteiger partial charge in [0.1, 0.15) is 5.01 Å². The van der Waals surface area contributed by atoms with Gasteiger partial charge >= 0.3 is 0 Å². The van der Waals surface area contributed by atoms with E-state index < -0.39 is 0 Å². The molecule has 0 radical (unpaired) electrons. The van der Waals surface area contributed by atoms with Gasteiger partial charge in [0.2, 0.25) is 0 Å². The second-order valence-electron chi connectivity index (χ2n) is 5.95. The molecule has 0 atom stereocenters. The molecule has 4 nitrogen and oxygen atoms in total. The quantitative estimate of drug-likeness (QED) is 0.720. The Kier molecular flexibility index (Phi) is 6.42. The third-order valence-electron chi connectivity index (χ3n) is 3.44. The largest absolute Gasteiger partial charge is 0.383 e. The molecule has 0 amide bonds. The van der Waals surface area contributed by atoms with Crippen LogP contribution in [0.5, 0.6) is 0 Å². The van der Waals surface area contributed by atoms with E-state index >= 15 is 0 Å². The highest BCUT2D eigenvalue weighted by Crippen LogP contribution is 2.28. The number of hydrogen-bond donors (Lipinski definition) is 1. The van der Waals surface area contributed by atoms with Crippen LogP contribution in [0.15, 0.2) is 5.38 Å². The average Bonchev–Trinajstić information content (AvgIpc) is 3.16. The van der Waals surface area contributed by atoms with Gasteiger partial charge in [0.25, 0.3) is 0 Å². The van der Waals surface area contributed by atoms with Gasteiger partial charge in [-0.1, -0.05) is 13.8 Å². The summed E-state index contributed by atoms with van der Waals surface area (Å²) in [5.41, 5.74) is 1.21. The van der Waals surface area contributed by atoms with E-state index in [9.17, 15) is 0 Å². The molecule has 1 aliphatic rings. The van der Waals surface area contributed by atoms with E-state index in [1.807, 2.05) is 0 Å². The molecule has 2 rings (SSSR count). The van der Waals surface area contributed by atoms with Gasteiger partial charge in [-0.05, 0) is 25.3 Å². The summed E-state index contributed by atoms with van der Waals surface area (Å²) in [5.74, 6) is 0.689. The van der Waals surface area contributed by atoms with Crippen LogP contribution in [-0.4, -0.2) is 42.7 Å². The van der Waals surface area contributed by atoms with Crippen molar-refractivity contribution in [2.45, 2.75) is 45.8 Å². The fourth-order valence-corrected chi connectivity index (χ4v) is 2.97. The van der Waals surface area contributed by atoms with Crippen LogP contribution < -0.4 is 5.32 Å². The third kappa shape index (κ3) is 5.48. The first-order valence-corrected chi connectivity index (χ1v) is 8.44. The Morgan fingerprint density at radius 1 is 1.50 bits per heavy atom. The molecule has 0 aromatic carbocycles. The molecule has 1 N–H and O–H groups in total. The van der Waals surface area contributed by atoms with Crippen LogP contribution in [0, 0.1) is 5.92 Å². The molecule has 0 spiro atoms. The number of thiazole rings is 1. The van der Waals surface area contributed by atoms with Crippen LogP contribution in [0.25, 0.3) is 0 Å². The number of ether oxygens (including phenoxy) is 1. The molecule has 1 aliphatic carbocycles. The molecule has 0 bridgehead atoms. The second-order valence-corrected chi connectivity index (χ2v) is 6.89. The summed E-state index contributed by atoms with van der Waals surface area (Å²) < 4.78 is 5.20. The first kappa shape index (κ1) is 15.9. The normalized spacial score (nSPS) is 15.4. The Balaban J connectivity index is 1.78. The van der Waals surface area contributed by atoms with Crippen molar-refractivity contribution in [1.29, 1.82) is 0 Å². The molecule has 5 heteroatoms. The Morgan fingerprint density at radius 3 is 2.95 bits per heavy atom. The smallest absolute Gasteiger partial charge is 0.107 e. The zero-order valence-corrected chi connectivity index (χ0v) is 13.7. The van der Waals surface area contributed by atoms with Crippen molar-refractivity contribution in [3.8, 4) is 0 Å². The van der Waals surface area contributed by atoms with E-state index in [0.717, 1.165) is 38.8 Å². The Morgan fingerprint density at radius 2 is 2.30 bits per heavy atom. The summed E-state index contributed by atoms with van der Waals surface area (Å²) in [6, 6.07) is 0.759. The molecule has 0 unspecified atom stereocenters. The lowest BCUT2D eigenvalue weighted by atomic mass is 10.2. The maximum atomic E-state index is 5.20. The maximum Gasteiger partial charge on any atom is 0.107 e. The first-order valence-electron chi connectivity index (χ1n) is 7.56. The minimum absolute atomic E-state index is 0.689. The van der Waals surface area contributed by atoms with Crippen molar-refractivity contribution < 1.29 is 4.74 Å². The lowest BCUT2D eigenvalue weighted by molar-refractivity contribution is 0.139. The summed E-state index contributed by atoms with van der Waals surface area (Å²) in [5, 5.41) is 6.85. The molecule has 1 heterocycles. The van der Waals surface area contributed by atoms with Gasteiger partial charge in [0, 0.05) is 38.2 Å². The van der Waals surface area contributed by atoms with Gasteiger partial charge in [0.15, 0.2) is 0 Å². The van der Waals surface area contributed by atoms with E-state index in [2.05, 4.69) is 29.4 Å². The molecule has 1 saturated carbocycles. The molecule has 1 aromatic heterocycles. The van der Waals surface area contributed by atoms with Crippen LogP contribution >= 0.6 is 11.3 Å². The van der Waals surface area contributed by atoms with Crippen molar-refractivity contribution in [2.75, 3.05) is 26.8 Å². The van der Waals surface area contributed by atoms with Crippen LogP contribution in [0.3, 0.4) is 0 Å². The highest BCUT2D eigenvalue weighted by atomic mass is 32.1. The molecular formula is C15H27N3OS. The van der Waals surface area contributed by atoms with Crippen molar-refractivity contribution in [2.24, 2.45) is 5.92 Å². The molecular weight excluding hydrogens is 270 g/mol. The van der Waals surface area contributed by atoms with Gasteiger partial charge in [-0.2, -0.15) is 0 Å². The van der Waals surface area contributed by atoms with Gasteiger partial charge in [-0.3, -0.25) is 4.90 Å². The van der Waals surface area contributed by atoms with Crippen molar-refractivity contribution in [1.82, 2.24) is 15.2 Å². The van der Waals surface area contributed by atoms with E-state index in [1.165, 1.54) is 23.5 Å². The minimum Gasteiger partial charge on any atom is -0.383 e. The number of methoxy groups -OCH3 is 1. The van der Waals surface area contributed by atoms with E-state index in [0.29, 0.717) is 5.92 Å². The number of nitrogens with one attached hydrogen (secondary N) is 1. The number of rotatable bonds is 10. The van der Waals surface area contributed by atoms with Gasteiger partial charge in [-0.25, -0.2) is 4.98 Å². The summed E-state index contributed by atoms with van der Waals surface area (Å²) >= 11 is 1.77. The second kappa shape index (κ2) is 8.08. The van der Waals surface area contributed by atoms with Crippen LogP contribution in [0.1, 0.15) is 37.4 Å². The molecule has 0 aliphatic heterocycles. The summed E-state index contributed by atoms with van der Waals surface area (Å²) in [4.78, 5) is 7.24. The Labute approximate surface area is 126 Å². The molecule has 1 fully saturated rings. The molecule has 0 saturated heterocycles. The van der Waals surface area contributed by atoms with E-state index in [-0.39, 0.29) is 0 Å². The summed E-state index contributed by atoms with van der Waals surface area (Å²) in [6.45, 7) is 9.19. The molecule has 20 heavy (non-hydrogen) atoms. The first-order chi connectivity index (χ1) is 9.69. The SMILES string of the molecule is COCCN(Cc1csc(CNCC(C)C)n1)C1CC1. The molecule has 1 aromatic rings. The van der Waals surface area contributed by atoms with Crippen LogP contribution in [-0.2, 0) is 17.8 Å².